The Morgan fingerprint density at radius 3 is 2.61 bits per heavy atom. The van der Waals surface area contributed by atoms with E-state index in [0.717, 1.165) is 25.1 Å². The first-order valence-corrected chi connectivity index (χ1v) is 8.29. The molecule has 6 heteroatoms. The Morgan fingerprint density at radius 1 is 1.39 bits per heavy atom. The molecule has 0 radical (unpaired) electrons. The molecule has 0 atom stereocenters. The summed E-state index contributed by atoms with van der Waals surface area (Å²) < 4.78 is 18.4. The third kappa shape index (κ3) is 5.57. The number of rotatable bonds is 3. The lowest BCUT2D eigenvalue weighted by Crippen LogP contribution is -2.42. The standard InChI is InChI=1S/C17H24ClFN2O2/c1-17(2,3)23-16(22)21-8-6-12(7-9-21)11-20-15-5-4-13(19)10-14(15)18/h4-5,10,12,20H,6-9,11H2,1-3H3. The Labute approximate surface area is 141 Å². The number of anilines is 1. The SMILES string of the molecule is CC(C)(C)OC(=O)N1CCC(CNc2ccc(F)cc2Cl)CC1. The van der Waals surface area contributed by atoms with Crippen LogP contribution < -0.4 is 5.32 Å². The topological polar surface area (TPSA) is 41.6 Å². The van der Waals surface area contributed by atoms with Crippen molar-refractivity contribution < 1.29 is 13.9 Å². The molecule has 1 N–H and O–H groups in total. The molecule has 1 aliphatic rings. The van der Waals surface area contributed by atoms with Gasteiger partial charge in [0.05, 0.1) is 10.7 Å². The molecule has 1 saturated heterocycles. The molecule has 2 rings (SSSR count). The largest absolute Gasteiger partial charge is 0.444 e. The number of benzene rings is 1. The maximum atomic E-state index is 13.0. The highest BCUT2D eigenvalue weighted by Crippen LogP contribution is 2.25. The van der Waals surface area contributed by atoms with E-state index >= 15 is 0 Å². The van der Waals surface area contributed by atoms with Gasteiger partial charge in [0.15, 0.2) is 0 Å². The van der Waals surface area contributed by atoms with E-state index in [1.54, 1.807) is 11.0 Å². The summed E-state index contributed by atoms with van der Waals surface area (Å²) in [7, 11) is 0. The normalized spacial score (nSPS) is 16.3. The van der Waals surface area contributed by atoms with Gasteiger partial charge in [-0.05, 0) is 57.7 Å². The summed E-state index contributed by atoms with van der Waals surface area (Å²) in [6.07, 6.45) is 1.57. The number of hydrogen-bond donors (Lipinski definition) is 1. The average Bonchev–Trinajstić information content (AvgIpc) is 2.45. The third-order valence-corrected chi connectivity index (χ3v) is 4.09. The highest BCUT2D eigenvalue weighted by molar-refractivity contribution is 6.33. The van der Waals surface area contributed by atoms with Crippen LogP contribution in [-0.4, -0.2) is 36.2 Å². The van der Waals surface area contributed by atoms with E-state index in [1.807, 2.05) is 20.8 Å². The highest BCUT2D eigenvalue weighted by Gasteiger charge is 2.26. The van der Waals surface area contributed by atoms with Crippen LogP contribution in [-0.2, 0) is 4.74 Å². The zero-order valence-corrected chi connectivity index (χ0v) is 14.6. The number of likely N-dealkylation sites (tertiary alicyclic amines) is 1. The first-order valence-electron chi connectivity index (χ1n) is 7.91. The summed E-state index contributed by atoms with van der Waals surface area (Å²) in [5.41, 5.74) is 0.275. The molecule has 0 spiro atoms. The van der Waals surface area contributed by atoms with Crippen LogP contribution in [0.2, 0.25) is 5.02 Å². The lowest BCUT2D eigenvalue weighted by atomic mass is 9.97. The van der Waals surface area contributed by atoms with Crippen molar-refractivity contribution in [2.24, 2.45) is 5.92 Å². The number of piperidine rings is 1. The predicted molar refractivity (Wildman–Crippen MR) is 90.4 cm³/mol. The van der Waals surface area contributed by atoms with Crippen LogP contribution in [0.1, 0.15) is 33.6 Å². The van der Waals surface area contributed by atoms with E-state index in [2.05, 4.69) is 5.32 Å². The van der Waals surface area contributed by atoms with Gasteiger partial charge in [0.25, 0.3) is 0 Å². The number of nitrogens with one attached hydrogen (secondary N) is 1. The number of carbonyl (C=O) groups is 1. The van der Waals surface area contributed by atoms with Gasteiger partial charge in [-0.15, -0.1) is 0 Å². The monoisotopic (exact) mass is 342 g/mol. The first-order chi connectivity index (χ1) is 10.7. The molecule has 0 bridgehead atoms. The molecule has 0 aromatic heterocycles. The number of carbonyl (C=O) groups excluding carboxylic acids is 1. The van der Waals surface area contributed by atoms with Gasteiger partial charge >= 0.3 is 6.09 Å². The number of nitrogens with zero attached hydrogens (tertiary/aromatic N) is 1. The van der Waals surface area contributed by atoms with E-state index in [9.17, 15) is 9.18 Å². The van der Waals surface area contributed by atoms with Gasteiger partial charge in [-0.3, -0.25) is 0 Å². The molecule has 1 aromatic rings. The smallest absolute Gasteiger partial charge is 0.410 e. The van der Waals surface area contributed by atoms with Gasteiger partial charge in [0.1, 0.15) is 11.4 Å². The molecule has 1 amide bonds. The van der Waals surface area contributed by atoms with Crippen molar-refractivity contribution >= 4 is 23.4 Å². The van der Waals surface area contributed by atoms with Crippen LogP contribution in [0.4, 0.5) is 14.9 Å². The molecule has 128 valence electrons. The summed E-state index contributed by atoms with van der Waals surface area (Å²) in [5.74, 6) is 0.112. The maximum Gasteiger partial charge on any atom is 0.410 e. The lowest BCUT2D eigenvalue weighted by Gasteiger charge is -2.33. The summed E-state index contributed by atoms with van der Waals surface area (Å²) in [6.45, 7) is 7.75. The molecule has 1 fully saturated rings. The van der Waals surface area contributed by atoms with Crippen LogP contribution in [0, 0.1) is 11.7 Å². The summed E-state index contributed by atoms with van der Waals surface area (Å²) >= 11 is 6.00. The van der Waals surface area contributed by atoms with Crippen LogP contribution >= 0.6 is 11.6 Å². The fourth-order valence-corrected chi connectivity index (χ4v) is 2.77. The summed E-state index contributed by atoms with van der Waals surface area (Å²) in [5, 5.41) is 3.64. The number of ether oxygens (including phenoxy) is 1. The molecule has 23 heavy (non-hydrogen) atoms. The van der Waals surface area contributed by atoms with E-state index < -0.39 is 5.60 Å². The molecule has 0 unspecified atom stereocenters. The summed E-state index contributed by atoms with van der Waals surface area (Å²) in [4.78, 5) is 13.8. The Hall–Kier alpha value is -1.49. The van der Waals surface area contributed by atoms with Crippen molar-refractivity contribution in [1.82, 2.24) is 4.90 Å². The van der Waals surface area contributed by atoms with Crippen molar-refractivity contribution in [2.45, 2.75) is 39.2 Å². The minimum Gasteiger partial charge on any atom is -0.444 e. The first kappa shape index (κ1) is 17.9. The van der Waals surface area contributed by atoms with E-state index in [0.29, 0.717) is 24.0 Å². The van der Waals surface area contributed by atoms with Crippen molar-refractivity contribution in [3.05, 3.63) is 29.0 Å². The zero-order valence-electron chi connectivity index (χ0n) is 13.9. The second kappa shape index (κ2) is 7.39. The van der Waals surface area contributed by atoms with Gasteiger partial charge in [-0.2, -0.15) is 0 Å². The minimum atomic E-state index is -0.463. The van der Waals surface area contributed by atoms with E-state index in [1.165, 1.54) is 12.1 Å². The quantitative estimate of drug-likeness (QED) is 0.876. The van der Waals surface area contributed by atoms with Gasteiger partial charge in [0, 0.05) is 19.6 Å². The Bertz CT molecular complexity index is 552. The minimum absolute atomic E-state index is 0.245. The average molecular weight is 343 g/mol. The molecule has 4 nitrogen and oxygen atoms in total. The van der Waals surface area contributed by atoms with E-state index in [-0.39, 0.29) is 11.9 Å². The van der Waals surface area contributed by atoms with Crippen molar-refractivity contribution in [2.75, 3.05) is 25.0 Å². The zero-order chi connectivity index (χ0) is 17.0. The van der Waals surface area contributed by atoms with Crippen molar-refractivity contribution in [3.63, 3.8) is 0 Å². The highest BCUT2D eigenvalue weighted by atomic mass is 35.5. The second-order valence-corrected chi connectivity index (χ2v) is 7.32. The second-order valence-electron chi connectivity index (χ2n) is 6.92. The van der Waals surface area contributed by atoms with Crippen molar-refractivity contribution in [3.8, 4) is 0 Å². The maximum absolute atomic E-state index is 13.0. The number of hydrogen-bond acceptors (Lipinski definition) is 3. The van der Waals surface area contributed by atoms with E-state index in [4.69, 9.17) is 16.3 Å². The van der Waals surface area contributed by atoms with Crippen LogP contribution in [0.3, 0.4) is 0 Å². The fourth-order valence-electron chi connectivity index (χ4n) is 2.53. The Morgan fingerprint density at radius 2 is 2.04 bits per heavy atom. The van der Waals surface area contributed by atoms with Crippen LogP contribution in [0.5, 0.6) is 0 Å². The van der Waals surface area contributed by atoms with Crippen LogP contribution in [0.25, 0.3) is 0 Å². The molecule has 1 aromatic carbocycles. The van der Waals surface area contributed by atoms with Crippen LogP contribution in [0.15, 0.2) is 18.2 Å². The molecule has 1 heterocycles. The number of amides is 1. The lowest BCUT2D eigenvalue weighted by molar-refractivity contribution is 0.0188. The molecule has 0 saturated carbocycles. The Balaban J connectivity index is 1.77. The molecular weight excluding hydrogens is 319 g/mol. The van der Waals surface area contributed by atoms with Gasteiger partial charge in [0.2, 0.25) is 0 Å². The van der Waals surface area contributed by atoms with Gasteiger partial charge in [-0.25, -0.2) is 9.18 Å². The molecule has 0 aliphatic carbocycles. The van der Waals surface area contributed by atoms with Crippen molar-refractivity contribution in [1.29, 1.82) is 0 Å². The van der Waals surface area contributed by atoms with Gasteiger partial charge in [-0.1, -0.05) is 11.6 Å². The Kier molecular flexibility index (Phi) is 5.74. The molecular formula is C17H24ClFN2O2. The molecule has 1 aliphatic heterocycles. The summed E-state index contributed by atoms with van der Waals surface area (Å²) in [6, 6.07) is 4.34. The predicted octanol–water partition coefficient (Wildman–Crippen LogP) is 4.54. The van der Waals surface area contributed by atoms with Gasteiger partial charge < -0.3 is 15.0 Å². The fraction of sp³-hybridized carbons (Fsp3) is 0.588. The third-order valence-electron chi connectivity index (χ3n) is 3.78. The number of halogens is 2.